The number of amides is 1. The van der Waals surface area contributed by atoms with Gasteiger partial charge in [0.05, 0.1) is 23.1 Å². The molecule has 2 fully saturated rings. The first-order chi connectivity index (χ1) is 15.3. The Kier molecular flexibility index (Phi) is 7.68. The summed E-state index contributed by atoms with van der Waals surface area (Å²) in [7, 11) is 0. The molecular formula is C23H30F6N2O2. The third kappa shape index (κ3) is 6.20. The highest BCUT2D eigenvalue weighted by molar-refractivity contribution is 5.83. The second-order valence-electron chi connectivity index (χ2n) is 9.43. The molecule has 10 heteroatoms. The van der Waals surface area contributed by atoms with Crippen molar-refractivity contribution in [1.82, 2.24) is 10.6 Å². The standard InChI is InChI=1S/C23H30F6N2O2/c1-14(2)21(6-5-18(11-21)31-19-4-3-7-33-13-19)20(32)30-12-15-8-16(22(24,25)26)10-17(9-15)23(27,28)29/h8-10,14,18-19,31H,3-7,11-13H2,1-2H3,(H,30,32)/t18-,19?,21+/m1/s1. The fourth-order valence-electron chi connectivity index (χ4n) is 4.90. The van der Waals surface area contributed by atoms with E-state index in [0.29, 0.717) is 31.6 Å². The number of benzene rings is 1. The van der Waals surface area contributed by atoms with Crippen molar-refractivity contribution in [3.05, 3.63) is 34.9 Å². The fourth-order valence-corrected chi connectivity index (χ4v) is 4.90. The lowest BCUT2D eigenvalue weighted by molar-refractivity contribution is -0.143. The van der Waals surface area contributed by atoms with Crippen molar-refractivity contribution < 1.29 is 35.9 Å². The summed E-state index contributed by atoms with van der Waals surface area (Å²) in [5.74, 6) is -0.383. The van der Waals surface area contributed by atoms with Crippen molar-refractivity contribution in [2.45, 2.75) is 76.9 Å². The van der Waals surface area contributed by atoms with E-state index in [4.69, 9.17) is 4.74 Å². The van der Waals surface area contributed by atoms with Gasteiger partial charge in [-0.3, -0.25) is 4.79 Å². The molecule has 0 bridgehead atoms. The maximum atomic E-state index is 13.2. The molecule has 0 spiro atoms. The van der Waals surface area contributed by atoms with Crippen LogP contribution in [-0.2, 0) is 28.4 Å². The number of rotatable bonds is 6. The molecule has 1 aromatic rings. The first kappa shape index (κ1) is 25.8. The highest BCUT2D eigenvalue weighted by atomic mass is 19.4. The highest BCUT2D eigenvalue weighted by Crippen LogP contribution is 2.45. The van der Waals surface area contributed by atoms with Crippen LogP contribution in [0, 0.1) is 11.3 Å². The third-order valence-corrected chi connectivity index (χ3v) is 6.84. The largest absolute Gasteiger partial charge is 0.416 e. The van der Waals surface area contributed by atoms with Crippen LogP contribution in [0.5, 0.6) is 0 Å². The average Bonchev–Trinajstić information content (AvgIpc) is 3.16. The molecule has 0 radical (unpaired) electrons. The maximum Gasteiger partial charge on any atom is 0.416 e. The summed E-state index contributed by atoms with van der Waals surface area (Å²) in [5, 5.41) is 6.17. The summed E-state index contributed by atoms with van der Waals surface area (Å²) in [5.41, 5.74) is -3.75. The Hall–Kier alpha value is -1.81. The Labute approximate surface area is 189 Å². The van der Waals surface area contributed by atoms with Crippen molar-refractivity contribution in [3.63, 3.8) is 0 Å². The third-order valence-electron chi connectivity index (χ3n) is 6.84. The Morgan fingerprint density at radius 2 is 1.70 bits per heavy atom. The molecule has 1 amide bonds. The van der Waals surface area contributed by atoms with E-state index in [0.717, 1.165) is 25.9 Å². The van der Waals surface area contributed by atoms with Crippen LogP contribution in [0.2, 0.25) is 0 Å². The Morgan fingerprint density at radius 3 is 2.21 bits per heavy atom. The quantitative estimate of drug-likeness (QED) is 0.543. The van der Waals surface area contributed by atoms with Crippen LogP contribution >= 0.6 is 0 Å². The summed E-state index contributed by atoms with van der Waals surface area (Å²) in [6, 6.07) is 1.72. The zero-order valence-electron chi connectivity index (χ0n) is 18.7. The van der Waals surface area contributed by atoms with E-state index in [1.807, 2.05) is 13.8 Å². The van der Waals surface area contributed by atoms with E-state index in [-0.39, 0.29) is 35.5 Å². The van der Waals surface area contributed by atoms with Crippen LogP contribution < -0.4 is 10.6 Å². The van der Waals surface area contributed by atoms with E-state index in [9.17, 15) is 31.1 Å². The van der Waals surface area contributed by atoms with Gasteiger partial charge in [-0.15, -0.1) is 0 Å². The Bertz CT molecular complexity index is 801. The minimum atomic E-state index is -4.92. The molecule has 1 aliphatic heterocycles. The molecule has 1 aliphatic carbocycles. The van der Waals surface area contributed by atoms with Gasteiger partial charge in [0.1, 0.15) is 0 Å². The summed E-state index contributed by atoms with van der Waals surface area (Å²) in [6.45, 7) is 4.78. The molecule has 186 valence electrons. The van der Waals surface area contributed by atoms with Crippen molar-refractivity contribution >= 4 is 5.91 Å². The molecule has 1 unspecified atom stereocenters. The first-order valence-electron chi connectivity index (χ1n) is 11.2. The van der Waals surface area contributed by atoms with Crippen LogP contribution in [-0.4, -0.2) is 31.2 Å². The van der Waals surface area contributed by atoms with E-state index in [1.54, 1.807) is 0 Å². The number of nitrogens with one attached hydrogen (secondary N) is 2. The van der Waals surface area contributed by atoms with Gasteiger partial charge in [-0.1, -0.05) is 13.8 Å². The van der Waals surface area contributed by atoms with Crippen LogP contribution in [0.3, 0.4) is 0 Å². The topological polar surface area (TPSA) is 50.4 Å². The van der Waals surface area contributed by atoms with Gasteiger partial charge in [-0.25, -0.2) is 0 Å². The monoisotopic (exact) mass is 480 g/mol. The number of hydrogen-bond acceptors (Lipinski definition) is 3. The highest BCUT2D eigenvalue weighted by Gasteiger charge is 2.47. The molecule has 3 atom stereocenters. The fraction of sp³-hybridized carbons (Fsp3) is 0.696. The van der Waals surface area contributed by atoms with Gasteiger partial charge in [0.15, 0.2) is 0 Å². The first-order valence-corrected chi connectivity index (χ1v) is 11.2. The summed E-state index contributed by atoms with van der Waals surface area (Å²) in [6.07, 6.45) is -5.96. The van der Waals surface area contributed by atoms with Crippen molar-refractivity contribution in [3.8, 4) is 0 Å². The predicted molar refractivity (Wildman–Crippen MR) is 110 cm³/mol. The molecule has 2 aliphatic rings. The van der Waals surface area contributed by atoms with Gasteiger partial charge >= 0.3 is 12.4 Å². The Balaban J connectivity index is 1.71. The van der Waals surface area contributed by atoms with Crippen LogP contribution in [0.25, 0.3) is 0 Å². The SMILES string of the molecule is CC(C)[C@]1(C(=O)NCc2cc(C(F)(F)F)cc(C(F)(F)F)c2)CC[C@@H](NC2CCCOC2)C1. The van der Waals surface area contributed by atoms with Crippen LogP contribution in [0.15, 0.2) is 18.2 Å². The molecule has 4 nitrogen and oxygen atoms in total. The van der Waals surface area contributed by atoms with Crippen molar-refractivity contribution in [2.75, 3.05) is 13.2 Å². The molecule has 33 heavy (non-hydrogen) atoms. The average molecular weight is 480 g/mol. The maximum absolute atomic E-state index is 13.2. The van der Waals surface area contributed by atoms with Gasteiger partial charge in [0, 0.05) is 25.2 Å². The van der Waals surface area contributed by atoms with E-state index in [1.165, 1.54) is 0 Å². The van der Waals surface area contributed by atoms with E-state index in [2.05, 4.69) is 10.6 Å². The summed E-state index contributed by atoms with van der Waals surface area (Å²) in [4.78, 5) is 13.2. The Morgan fingerprint density at radius 1 is 1.06 bits per heavy atom. The lowest BCUT2D eigenvalue weighted by atomic mass is 9.74. The molecule has 3 rings (SSSR count). The number of ether oxygens (including phenoxy) is 1. The lowest BCUT2D eigenvalue weighted by Crippen LogP contribution is -2.46. The minimum absolute atomic E-state index is 0.0425. The second-order valence-corrected chi connectivity index (χ2v) is 9.43. The molecule has 1 saturated carbocycles. The lowest BCUT2D eigenvalue weighted by Gasteiger charge is -2.33. The van der Waals surface area contributed by atoms with E-state index >= 15 is 0 Å². The molecule has 1 saturated heterocycles. The zero-order chi connectivity index (χ0) is 24.4. The smallest absolute Gasteiger partial charge is 0.380 e. The predicted octanol–water partition coefficient (Wildman–Crippen LogP) is 5.30. The number of halogens is 6. The molecule has 0 aromatic heterocycles. The van der Waals surface area contributed by atoms with Gasteiger partial charge in [-0.05, 0) is 61.8 Å². The molecule has 2 N–H and O–H groups in total. The van der Waals surface area contributed by atoms with Gasteiger partial charge in [-0.2, -0.15) is 26.3 Å². The van der Waals surface area contributed by atoms with Crippen LogP contribution in [0.4, 0.5) is 26.3 Å². The molecule has 1 aromatic carbocycles. The van der Waals surface area contributed by atoms with Gasteiger partial charge in [0.25, 0.3) is 0 Å². The number of hydrogen-bond donors (Lipinski definition) is 2. The number of carbonyl (C=O) groups is 1. The second kappa shape index (κ2) is 9.82. The van der Waals surface area contributed by atoms with E-state index < -0.39 is 35.4 Å². The summed E-state index contributed by atoms with van der Waals surface area (Å²) < 4.78 is 84.2. The minimum Gasteiger partial charge on any atom is -0.380 e. The number of alkyl halides is 6. The van der Waals surface area contributed by atoms with Crippen LogP contribution in [0.1, 0.15) is 62.6 Å². The van der Waals surface area contributed by atoms with Crippen molar-refractivity contribution in [1.29, 1.82) is 0 Å². The van der Waals surface area contributed by atoms with Gasteiger partial charge < -0.3 is 15.4 Å². The normalized spacial score (nSPS) is 26.6. The number of carbonyl (C=O) groups excluding carboxylic acids is 1. The molecule has 1 heterocycles. The van der Waals surface area contributed by atoms with Gasteiger partial charge in [0.2, 0.25) is 5.91 Å². The zero-order valence-corrected chi connectivity index (χ0v) is 18.7. The summed E-state index contributed by atoms with van der Waals surface area (Å²) >= 11 is 0. The van der Waals surface area contributed by atoms with Crippen molar-refractivity contribution in [2.24, 2.45) is 11.3 Å². The molecular weight excluding hydrogens is 450 g/mol.